The normalized spacial score (nSPS) is 11.5. The summed E-state index contributed by atoms with van der Waals surface area (Å²) in [5.74, 6) is -0.0438. The van der Waals surface area contributed by atoms with E-state index in [0.717, 1.165) is 11.6 Å². The van der Waals surface area contributed by atoms with Crippen molar-refractivity contribution >= 4 is 23.2 Å². The van der Waals surface area contributed by atoms with E-state index in [4.69, 9.17) is 27.9 Å². The molecule has 0 bridgehead atoms. The molecule has 1 aromatic heterocycles. The quantitative estimate of drug-likeness (QED) is 0.566. The van der Waals surface area contributed by atoms with E-state index in [0.29, 0.717) is 5.02 Å². The molecule has 0 aliphatic rings. The highest BCUT2D eigenvalue weighted by atomic mass is 35.5. The number of rotatable bonds is 4. The molecule has 2 aromatic carbocycles. The van der Waals surface area contributed by atoms with E-state index in [1.54, 1.807) is 24.3 Å². The van der Waals surface area contributed by atoms with E-state index in [2.05, 4.69) is 4.98 Å². The lowest BCUT2D eigenvalue weighted by atomic mass is 10.1. The average Bonchev–Trinajstić information content (AvgIpc) is 2.64. The summed E-state index contributed by atoms with van der Waals surface area (Å²) in [4.78, 5) is 16.1. The van der Waals surface area contributed by atoms with Crippen LogP contribution in [0.4, 0.5) is 13.2 Å². The van der Waals surface area contributed by atoms with Gasteiger partial charge in [-0.15, -0.1) is 0 Å². The lowest BCUT2D eigenvalue weighted by Gasteiger charge is -2.17. The number of hydrogen-bond acceptors (Lipinski definition) is 3. The van der Waals surface area contributed by atoms with Gasteiger partial charge in [-0.1, -0.05) is 41.4 Å². The summed E-state index contributed by atoms with van der Waals surface area (Å²) in [5.41, 5.74) is -0.931. The lowest BCUT2D eigenvalue weighted by Crippen LogP contribution is -2.18. The highest BCUT2D eigenvalue weighted by Crippen LogP contribution is 2.39. The lowest BCUT2D eigenvalue weighted by molar-refractivity contribution is -0.137. The third-order valence-corrected chi connectivity index (χ3v) is 4.65. The largest absolute Gasteiger partial charge is 0.490 e. The monoisotopic (exact) mass is 428 g/mol. The standard InChI is InChI=1S/C19H13Cl2F3N2O2/c1-28-15-10-26(9-11-5-7-12(20)8-6-11)17(25-18(15)27)13-3-2-4-14(16(13)21)19(22,23)24/h2-8,10H,9H2,1H3. The van der Waals surface area contributed by atoms with Gasteiger partial charge in [0.1, 0.15) is 5.82 Å². The molecule has 0 spiro atoms. The van der Waals surface area contributed by atoms with Crippen molar-refractivity contribution in [2.24, 2.45) is 0 Å². The first-order chi connectivity index (χ1) is 13.2. The minimum absolute atomic E-state index is 0.00292. The van der Waals surface area contributed by atoms with E-state index < -0.39 is 22.3 Å². The summed E-state index contributed by atoms with van der Waals surface area (Å²) in [6.45, 7) is 0.211. The maximum absolute atomic E-state index is 13.2. The molecule has 28 heavy (non-hydrogen) atoms. The fourth-order valence-electron chi connectivity index (χ4n) is 2.66. The van der Waals surface area contributed by atoms with Crippen LogP contribution >= 0.6 is 23.2 Å². The van der Waals surface area contributed by atoms with Crippen LogP contribution in [0.2, 0.25) is 10.0 Å². The maximum atomic E-state index is 13.2. The van der Waals surface area contributed by atoms with Crippen molar-refractivity contribution in [3.8, 4) is 17.1 Å². The Kier molecular flexibility index (Phi) is 5.67. The van der Waals surface area contributed by atoms with Crippen molar-refractivity contribution in [1.82, 2.24) is 9.55 Å². The van der Waals surface area contributed by atoms with Gasteiger partial charge in [-0.2, -0.15) is 18.2 Å². The smallest absolute Gasteiger partial charge is 0.417 e. The second-order valence-corrected chi connectivity index (χ2v) is 6.67. The Morgan fingerprint density at radius 3 is 2.39 bits per heavy atom. The highest BCUT2D eigenvalue weighted by molar-refractivity contribution is 6.34. The number of methoxy groups -OCH3 is 1. The maximum Gasteiger partial charge on any atom is 0.417 e. The van der Waals surface area contributed by atoms with E-state index in [9.17, 15) is 18.0 Å². The minimum Gasteiger partial charge on any atom is -0.490 e. The van der Waals surface area contributed by atoms with Crippen LogP contribution in [-0.2, 0) is 12.7 Å². The molecule has 0 saturated carbocycles. The zero-order valence-corrected chi connectivity index (χ0v) is 15.9. The second kappa shape index (κ2) is 7.85. The second-order valence-electron chi connectivity index (χ2n) is 5.86. The number of nitrogens with zero attached hydrogens (tertiary/aromatic N) is 2. The average molecular weight is 429 g/mol. The predicted octanol–water partition coefficient (Wildman–Crippen LogP) is 5.29. The number of hydrogen-bond donors (Lipinski definition) is 0. The van der Waals surface area contributed by atoms with Gasteiger partial charge >= 0.3 is 11.7 Å². The summed E-state index contributed by atoms with van der Waals surface area (Å²) < 4.78 is 46.2. The number of benzene rings is 2. The van der Waals surface area contributed by atoms with E-state index in [1.807, 2.05) is 0 Å². The van der Waals surface area contributed by atoms with Gasteiger partial charge in [0.2, 0.25) is 5.75 Å². The van der Waals surface area contributed by atoms with E-state index >= 15 is 0 Å². The molecule has 0 aliphatic heterocycles. The van der Waals surface area contributed by atoms with Crippen molar-refractivity contribution < 1.29 is 17.9 Å². The van der Waals surface area contributed by atoms with Crippen molar-refractivity contribution in [3.05, 3.63) is 80.2 Å². The van der Waals surface area contributed by atoms with Crippen LogP contribution in [0.5, 0.6) is 5.75 Å². The molecule has 146 valence electrons. The van der Waals surface area contributed by atoms with Gasteiger partial charge in [0.05, 0.1) is 23.9 Å². The molecule has 1 heterocycles. The Balaban J connectivity index is 2.19. The number of aromatic nitrogens is 2. The molecular formula is C19H13Cl2F3N2O2. The van der Waals surface area contributed by atoms with E-state index in [-0.39, 0.29) is 23.7 Å². The molecule has 3 rings (SSSR count). The first-order valence-electron chi connectivity index (χ1n) is 7.96. The molecule has 0 saturated heterocycles. The first-order valence-corrected chi connectivity index (χ1v) is 8.72. The molecule has 0 aliphatic carbocycles. The minimum atomic E-state index is -4.64. The zero-order chi connectivity index (χ0) is 20.5. The highest BCUT2D eigenvalue weighted by Gasteiger charge is 2.34. The van der Waals surface area contributed by atoms with Crippen LogP contribution in [0.3, 0.4) is 0 Å². The fourth-order valence-corrected chi connectivity index (χ4v) is 3.10. The van der Waals surface area contributed by atoms with Gasteiger partial charge in [0, 0.05) is 17.1 Å². The van der Waals surface area contributed by atoms with Gasteiger partial charge in [0.15, 0.2) is 0 Å². The molecule has 0 unspecified atom stereocenters. The van der Waals surface area contributed by atoms with Crippen molar-refractivity contribution in [3.63, 3.8) is 0 Å². The van der Waals surface area contributed by atoms with Crippen molar-refractivity contribution in [1.29, 1.82) is 0 Å². The zero-order valence-electron chi connectivity index (χ0n) is 14.4. The van der Waals surface area contributed by atoms with Crippen LogP contribution in [0.25, 0.3) is 11.4 Å². The van der Waals surface area contributed by atoms with Gasteiger partial charge in [-0.3, -0.25) is 4.79 Å². The Labute approximate surface area is 168 Å². The summed E-state index contributed by atoms with van der Waals surface area (Å²) >= 11 is 11.9. The Morgan fingerprint density at radius 1 is 1.11 bits per heavy atom. The summed E-state index contributed by atoms with van der Waals surface area (Å²) in [6.07, 6.45) is -3.25. The van der Waals surface area contributed by atoms with Crippen LogP contribution in [0, 0.1) is 0 Å². The number of alkyl halides is 3. The van der Waals surface area contributed by atoms with Crippen molar-refractivity contribution in [2.75, 3.05) is 7.11 Å². The Morgan fingerprint density at radius 2 is 1.79 bits per heavy atom. The predicted molar refractivity (Wildman–Crippen MR) is 101 cm³/mol. The summed E-state index contributed by atoms with van der Waals surface area (Å²) in [6, 6.07) is 10.3. The SMILES string of the molecule is COc1cn(Cc2ccc(Cl)cc2)c(-c2cccc(C(F)(F)F)c2Cl)nc1=O. The van der Waals surface area contributed by atoms with Crippen LogP contribution in [0.1, 0.15) is 11.1 Å². The third kappa shape index (κ3) is 4.15. The third-order valence-electron chi connectivity index (χ3n) is 3.99. The molecular weight excluding hydrogens is 416 g/mol. The fraction of sp³-hybridized carbons (Fsp3) is 0.158. The van der Waals surface area contributed by atoms with E-state index in [1.165, 1.54) is 30.0 Å². The topological polar surface area (TPSA) is 44.1 Å². The van der Waals surface area contributed by atoms with Gasteiger partial charge in [-0.05, 0) is 29.8 Å². The molecule has 0 fully saturated rings. The van der Waals surface area contributed by atoms with Crippen LogP contribution in [0.15, 0.2) is 53.5 Å². The van der Waals surface area contributed by atoms with Crippen molar-refractivity contribution in [2.45, 2.75) is 12.7 Å². The molecule has 9 heteroatoms. The molecule has 0 atom stereocenters. The van der Waals surface area contributed by atoms with Gasteiger partial charge in [-0.25, -0.2) is 0 Å². The summed E-state index contributed by atoms with van der Waals surface area (Å²) in [7, 11) is 1.31. The Hall–Kier alpha value is -2.51. The van der Waals surface area contributed by atoms with Gasteiger partial charge < -0.3 is 9.30 Å². The van der Waals surface area contributed by atoms with Crippen LogP contribution < -0.4 is 10.3 Å². The van der Waals surface area contributed by atoms with Gasteiger partial charge in [0.25, 0.3) is 0 Å². The Bertz CT molecular complexity index is 1060. The molecule has 3 aromatic rings. The molecule has 4 nitrogen and oxygen atoms in total. The van der Waals surface area contributed by atoms with Crippen LogP contribution in [-0.4, -0.2) is 16.7 Å². The number of halogens is 5. The first kappa shape index (κ1) is 20.2. The molecule has 0 N–H and O–H groups in total. The summed E-state index contributed by atoms with van der Waals surface area (Å²) in [5, 5.41) is 0.0115. The number of ether oxygens (including phenoxy) is 1. The molecule has 0 radical (unpaired) electrons. The molecule has 0 amide bonds.